The number of piperidine rings is 1. The topological polar surface area (TPSA) is 84.7 Å². The number of carbonyl (C=O) groups excluding carboxylic acids is 1. The van der Waals surface area contributed by atoms with Crippen molar-refractivity contribution in [1.82, 2.24) is 30.6 Å². The van der Waals surface area contributed by atoms with Crippen LogP contribution in [0.4, 0.5) is 0 Å². The van der Waals surface area contributed by atoms with E-state index in [1.54, 1.807) is 10.9 Å². The third-order valence-electron chi connectivity index (χ3n) is 5.05. The molecule has 7 nitrogen and oxygen atoms in total. The smallest absolute Gasteiger partial charge is 0.273 e. The fraction of sp³-hybridized carbons (Fsp3) is 0.368. The number of fused-ring (bicyclic) bond motifs is 1. The first-order chi connectivity index (χ1) is 12.6. The molecule has 3 heterocycles. The Morgan fingerprint density at radius 3 is 3.00 bits per heavy atom. The summed E-state index contributed by atoms with van der Waals surface area (Å²) in [7, 11) is 0. The van der Waals surface area contributed by atoms with Crippen LogP contribution in [0.3, 0.4) is 0 Å². The van der Waals surface area contributed by atoms with Crippen molar-refractivity contribution in [3.05, 3.63) is 47.9 Å². The molecular weight excluding hydrogens is 328 g/mol. The summed E-state index contributed by atoms with van der Waals surface area (Å²) in [6.45, 7) is 5.84. The Kier molecular flexibility index (Phi) is 4.38. The summed E-state index contributed by atoms with van der Waals surface area (Å²) in [6.07, 6.45) is 2.68. The molecule has 1 fully saturated rings. The van der Waals surface area contributed by atoms with Crippen LogP contribution in [0.15, 0.2) is 36.5 Å². The molecule has 0 radical (unpaired) electrons. The van der Waals surface area contributed by atoms with Crippen LogP contribution in [-0.2, 0) is 0 Å². The van der Waals surface area contributed by atoms with Crippen molar-refractivity contribution in [2.45, 2.75) is 26.3 Å². The van der Waals surface area contributed by atoms with Gasteiger partial charge in [-0.2, -0.15) is 0 Å². The standard InChI is InChI=1S/C19H22N6O/c1-12-11-20-10-8-15(12)22-19(26)17-13(2)25(24-23-17)16-7-3-5-14-6-4-9-21-18(14)16/h3-7,9,12,15,20H,8,10-11H2,1-2H3,(H,22,26). The van der Waals surface area contributed by atoms with E-state index in [9.17, 15) is 4.79 Å². The van der Waals surface area contributed by atoms with Crippen LogP contribution >= 0.6 is 0 Å². The van der Waals surface area contributed by atoms with Crippen molar-refractivity contribution in [3.63, 3.8) is 0 Å². The van der Waals surface area contributed by atoms with Crippen LogP contribution in [0.2, 0.25) is 0 Å². The lowest BCUT2D eigenvalue weighted by Crippen LogP contribution is -2.48. The summed E-state index contributed by atoms with van der Waals surface area (Å²) in [5, 5.41) is 15.9. The van der Waals surface area contributed by atoms with E-state index >= 15 is 0 Å². The molecule has 2 N–H and O–H groups in total. The Hall–Kier alpha value is -2.80. The van der Waals surface area contributed by atoms with Crippen LogP contribution in [0.5, 0.6) is 0 Å². The normalized spacial score (nSPS) is 20.2. The van der Waals surface area contributed by atoms with Gasteiger partial charge in [-0.3, -0.25) is 9.78 Å². The van der Waals surface area contributed by atoms with Gasteiger partial charge >= 0.3 is 0 Å². The van der Waals surface area contributed by atoms with Crippen LogP contribution in [0, 0.1) is 12.8 Å². The van der Waals surface area contributed by atoms with Gasteiger partial charge in [-0.25, -0.2) is 4.68 Å². The minimum atomic E-state index is -0.166. The maximum absolute atomic E-state index is 12.7. The molecule has 134 valence electrons. The number of amides is 1. The second-order valence-corrected chi connectivity index (χ2v) is 6.84. The van der Waals surface area contributed by atoms with E-state index in [-0.39, 0.29) is 11.9 Å². The molecule has 0 bridgehead atoms. The largest absolute Gasteiger partial charge is 0.347 e. The SMILES string of the molecule is Cc1c(C(=O)NC2CCNCC2C)nnn1-c1cccc2cccnc12. The highest BCUT2D eigenvalue weighted by atomic mass is 16.2. The van der Waals surface area contributed by atoms with Gasteiger partial charge in [0.25, 0.3) is 5.91 Å². The molecule has 0 saturated carbocycles. The molecule has 1 aliphatic rings. The summed E-state index contributed by atoms with van der Waals surface area (Å²) in [4.78, 5) is 17.2. The Morgan fingerprint density at radius 2 is 2.15 bits per heavy atom. The third kappa shape index (κ3) is 2.94. The average Bonchev–Trinajstić information content (AvgIpc) is 3.04. The highest BCUT2D eigenvalue weighted by molar-refractivity contribution is 5.94. The fourth-order valence-corrected chi connectivity index (χ4v) is 3.49. The van der Waals surface area contributed by atoms with Crippen molar-refractivity contribution in [3.8, 4) is 5.69 Å². The molecule has 1 amide bonds. The second kappa shape index (κ2) is 6.84. The molecule has 3 aromatic rings. The zero-order chi connectivity index (χ0) is 18.1. The summed E-state index contributed by atoms with van der Waals surface area (Å²) < 4.78 is 1.69. The molecule has 1 aromatic carbocycles. The number of para-hydroxylation sites is 1. The van der Waals surface area contributed by atoms with E-state index in [1.165, 1.54) is 0 Å². The van der Waals surface area contributed by atoms with Gasteiger partial charge in [0, 0.05) is 17.6 Å². The summed E-state index contributed by atoms with van der Waals surface area (Å²) in [5.41, 5.74) is 2.73. The highest BCUT2D eigenvalue weighted by Crippen LogP contribution is 2.21. The summed E-state index contributed by atoms with van der Waals surface area (Å²) in [5.74, 6) is 0.228. The average molecular weight is 350 g/mol. The highest BCUT2D eigenvalue weighted by Gasteiger charge is 2.26. The van der Waals surface area contributed by atoms with Gasteiger partial charge in [-0.05, 0) is 44.5 Å². The van der Waals surface area contributed by atoms with Crippen LogP contribution < -0.4 is 10.6 Å². The van der Waals surface area contributed by atoms with Crippen LogP contribution in [0.25, 0.3) is 16.6 Å². The van der Waals surface area contributed by atoms with Crippen molar-refractivity contribution >= 4 is 16.8 Å². The first-order valence-electron chi connectivity index (χ1n) is 8.93. The van der Waals surface area contributed by atoms with Gasteiger partial charge < -0.3 is 10.6 Å². The van der Waals surface area contributed by atoms with Crippen molar-refractivity contribution < 1.29 is 4.79 Å². The quantitative estimate of drug-likeness (QED) is 0.753. The monoisotopic (exact) mass is 350 g/mol. The Bertz CT molecular complexity index is 945. The number of benzene rings is 1. The zero-order valence-corrected chi connectivity index (χ0v) is 14.9. The van der Waals surface area contributed by atoms with Gasteiger partial charge in [0.15, 0.2) is 5.69 Å². The van der Waals surface area contributed by atoms with Crippen molar-refractivity contribution in [2.75, 3.05) is 13.1 Å². The number of pyridine rings is 1. The first kappa shape index (κ1) is 16.7. The van der Waals surface area contributed by atoms with Gasteiger partial charge in [-0.15, -0.1) is 5.10 Å². The number of hydrogen-bond acceptors (Lipinski definition) is 5. The number of rotatable bonds is 3. The lowest BCUT2D eigenvalue weighted by molar-refractivity contribution is 0.0908. The number of nitrogens with one attached hydrogen (secondary N) is 2. The number of hydrogen-bond donors (Lipinski definition) is 2. The molecule has 26 heavy (non-hydrogen) atoms. The van der Waals surface area contributed by atoms with E-state index < -0.39 is 0 Å². The first-order valence-corrected chi connectivity index (χ1v) is 8.93. The Balaban J connectivity index is 1.65. The molecule has 7 heteroatoms. The number of nitrogens with zero attached hydrogens (tertiary/aromatic N) is 4. The van der Waals surface area contributed by atoms with Crippen LogP contribution in [-0.4, -0.2) is 45.0 Å². The number of aromatic nitrogens is 4. The molecule has 2 aromatic heterocycles. The van der Waals surface area contributed by atoms with Gasteiger partial charge in [0.2, 0.25) is 0 Å². The zero-order valence-electron chi connectivity index (χ0n) is 14.9. The Morgan fingerprint density at radius 1 is 1.31 bits per heavy atom. The lowest BCUT2D eigenvalue weighted by Gasteiger charge is -2.29. The lowest BCUT2D eigenvalue weighted by atomic mass is 9.95. The molecule has 0 aliphatic carbocycles. The maximum atomic E-state index is 12.7. The van der Waals surface area contributed by atoms with E-state index in [2.05, 4.69) is 32.9 Å². The van der Waals surface area contributed by atoms with Gasteiger partial charge in [-0.1, -0.05) is 30.3 Å². The predicted molar refractivity (Wildman–Crippen MR) is 99.3 cm³/mol. The molecule has 1 saturated heterocycles. The molecule has 0 spiro atoms. The third-order valence-corrected chi connectivity index (χ3v) is 5.05. The van der Waals surface area contributed by atoms with Gasteiger partial charge in [0.05, 0.1) is 16.9 Å². The molecular formula is C19H22N6O. The molecule has 4 rings (SSSR count). The summed E-state index contributed by atoms with van der Waals surface area (Å²) >= 11 is 0. The van der Waals surface area contributed by atoms with E-state index in [1.807, 2.05) is 37.3 Å². The Labute approximate surface area is 151 Å². The maximum Gasteiger partial charge on any atom is 0.273 e. The van der Waals surface area contributed by atoms with E-state index in [0.717, 1.165) is 36.1 Å². The molecule has 1 aliphatic heterocycles. The number of carbonyl (C=O) groups is 1. The fourth-order valence-electron chi connectivity index (χ4n) is 3.49. The minimum absolute atomic E-state index is 0.160. The predicted octanol–water partition coefficient (Wildman–Crippen LogP) is 1.85. The van der Waals surface area contributed by atoms with E-state index in [0.29, 0.717) is 17.3 Å². The van der Waals surface area contributed by atoms with Crippen LogP contribution in [0.1, 0.15) is 29.5 Å². The minimum Gasteiger partial charge on any atom is -0.347 e. The second-order valence-electron chi connectivity index (χ2n) is 6.84. The van der Waals surface area contributed by atoms with Crippen molar-refractivity contribution in [2.24, 2.45) is 5.92 Å². The van der Waals surface area contributed by atoms with E-state index in [4.69, 9.17) is 0 Å². The summed E-state index contributed by atoms with van der Waals surface area (Å²) in [6, 6.07) is 9.96. The van der Waals surface area contributed by atoms with Gasteiger partial charge in [0.1, 0.15) is 0 Å². The molecule has 2 unspecified atom stereocenters. The molecule has 2 atom stereocenters. The van der Waals surface area contributed by atoms with Crippen molar-refractivity contribution in [1.29, 1.82) is 0 Å².